The maximum atomic E-state index is 14.7. The molecule has 5 rings (SSSR count). The van der Waals surface area contributed by atoms with Crippen LogP contribution in [-0.2, 0) is 16.0 Å². The highest BCUT2D eigenvalue weighted by molar-refractivity contribution is 5.79. The summed E-state index contributed by atoms with van der Waals surface area (Å²) in [6, 6.07) is 5.07. The molecule has 1 aromatic carbocycles. The van der Waals surface area contributed by atoms with Crippen molar-refractivity contribution >= 4 is 11.9 Å². The molecule has 1 amide bonds. The van der Waals surface area contributed by atoms with Gasteiger partial charge in [0.05, 0.1) is 13.0 Å². The van der Waals surface area contributed by atoms with Gasteiger partial charge in [-0.25, -0.2) is 14.4 Å². The van der Waals surface area contributed by atoms with E-state index >= 15 is 0 Å². The molecule has 7 nitrogen and oxygen atoms in total. The van der Waals surface area contributed by atoms with Gasteiger partial charge in [0.15, 0.2) is 0 Å². The fourth-order valence-corrected chi connectivity index (χ4v) is 5.91. The van der Waals surface area contributed by atoms with Crippen LogP contribution in [0.15, 0.2) is 30.6 Å². The predicted octanol–water partition coefficient (Wildman–Crippen LogP) is 4.43. The van der Waals surface area contributed by atoms with Crippen molar-refractivity contribution in [2.24, 2.45) is 17.8 Å². The number of piperidine rings is 1. The molecule has 0 bridgehead atoms. The van der Waals surface area contributed by atoms with Crippen LogP contribution >= 0.6 is 0 Å². The van der Waals surface area contributed by atoms with Crippen molar-refractivity contribution in [2.75, 3.05) is 44.9 Å². The first-order valence-corrected chi connectivity index (χ1v) is 13.8. The van der Waals surface area contributed by atoms with Crippen LogP contribution in [0.3, 0.4) is 0 Å². The van der Waals surface area contributed by atoms with E-state index in [0.29, 0.717) is 37.1 Å². The lowest BCUT2D eigenvalue weighted by Crippen LogP contribution is -2.41. The van der Waals surface area contributed by atoms with Crippen LogP contribution in [-0.4, -0.2) is 66.8 Å². The van der Waals surface area contributed by atoms with Gasteiger partial charge in [-0.2, -0.15) is 0 Å². The number of rotatable bonds is 9. The average Bonchev–Trinajstić information content (AvgIpc) is 3.70. The normalized spacial score (nSPS) is 22.6. The topological polar surface area (TPSA) is 67.8 Å². The molecule has 2 aliphatic heterocycles. The number of halogens is 1. The summed E-state index contributed by atoms with van der Waals surface area (Å²) in [5.41, 5.74) is 1.50. The maximum absolute atomic E-state index is 14.7. The number of benzene rings is 1. The Hall–Kier alpha value is -2.74. The van der Waals surface area contributed by atoms with E-state index in [2.05, 4.69) is 14.9 Å². The summed E-state index contributed by atoms with van der Waals surface area (Å²) in [6.45, 7) is 6.00. The van der Waals surface area contributed by atoms with Crippen molar-refractivity contribution in [1.82, 2.24) is 14.9 Å². The molecule has 0 spiro atoms. The highest BCUT2D eigenvalue weighted by Crippen LogP contribution is 2.49. The summed E-state index contributed by atoms with van der Waals surface area (Å²) < 4.78 is 26.0. The predicted molar refractivity (Wildman–Crippen MR) is 140 cm³/mol. The number of hydrogen-bond donors (Lipinski definition) is 0. The van der Waals surface area contributed by atoms with E-state index in [1.807, 2.05) is 19.3 Å². The number of anilines is 1. The Labute approximate surface area is 219 Å². The van der Waals surface area contributed by atoms with E-state index in [-0.39, 0.29) is 24.2 Å². The fraction of sp³-hybridized carbons (Fsp3) is 0.621. The van der Waals surface area contributed by atoms with Gasteiger partial charge in [0.2, 0.25) is 11.9 Å². The van der Waals surface area contributed by atoms with Crippen molar-refractivity contribution in [1.29, 1.82) is 0 Å². The fourth-order valence-electron chi connectivity index (χ4n) is 5.91. The van der Waals surface area contributed by atoms with E-state index in [1.165, 1.54) is 25.3 Å². The molecular formula is C29H39FN4O3. The number of aromatic nitrogens is 2. The van der Waals surface area contributed by atoms with Crippen LogP contribution < -0.4 is 9.64 Å². The summed E-state index contributed by atoms with van der Waals surface area (Å²) in [4.78, 5) is 25.6. The molecule has 0 unspecified atom stereocenters. The van der Waals surface area contributed by atoms with Gasteiger partial charge >= 0.3 is 0 Å². The molecule has 3 fully saturated rings. The van der Waals surface area contributed by atoms with E-state index in [4.69, 9.17) is 9.47 Å². The molecule has 3 heterocycles. The maximum Gasteiger partial charge on any atom is 0.227 e. The van der Waals surface area contributed by atoms with Gasteiger partial charge in [-0.1, -0.05) is 6.07 Å². The van der Waals surface area contributed by atoms with E-state index in [1.54, 1.807) is 24.1 Å². The molecule has 0 radical (unpaired) electrons. The zero-order chi connectivity index (χ0) is 25.8. The van der Waals surface area contributed by atoms with Crippen LogP contribution in [0.4, 0.5) is 10.3 Å². The van der Waals surface area contributed by atoms with Gasteiger partial charge in [0.1, 0.15) is 11.6 Å². The van der Waals surface area contributed by atoms with Crippen molar-refractivity contribution in [3.8, 4) is 5.75 Å². The molecule has 2 saturated heterocycles. The van der Waals surface area contributed by atoms with E-state index in [9.17, 15) is 9.18 Å². The largest absolute Gasteiger partial charge is 0.493 e. The van der Waals surface area contributed by atoms with Crippen molar-refractivity contribution < 1.29 is 18.7 Å². The summed E-state index contributed by atoms with van der Waals surface area (Å²) in [5.74, 6) is 3.20. The molecule has 1 aromatic heterocycles. The lowest BCUT2D eigenvalue weighted by Gasteiger charge is -2.32. The average molecular weight is 511 g/mol. The Morgan fingerprint density at radius 1 is 1.16 bits per heavy atom. The molecule has 1 aliphatic carbocycles. The van der Waals surface area contributed by atoms with Crippen LogP contribution in [0, 0.1) is 30.5 Å². The van der Waals surface area contributed by atoms with Crippen LogP contribution in [0.25, 0.3) is 0 Å². The molecule has 37 heavy (non-hydrogen) atoms. The minimum absolute atomic E-state index is 0.0588. The monoisotopic (exact) mass is 510 g/mol. The lowest BCUT2D eigenvalue weighted by atomic mass is 9.90. The first kappa shape index (κ1) is 25.9. The Morgan fingerprint density at radius 3 is 2.59 bits per heavy atom. The van der Waals surface area contributed by atoms with Gasteiger partial charge in [-0.05, 0) is 80.4 Å². The van der Waals surface area contributed by atoms with E-state index < -0.39 is 0 Å². The summed E-state index contributed by atoms with van der Waals surface area (Å²) in [5, 5.41) is 0. The molecular weight excluding hydrogens is 471 g/mol. The highest BCUT2D eigenvalue weighted by atomic mass is 19.1. The SMILES string of the molecule is Cc1cnc(N2CCC([C@H]3C[C@H]3CCOc3ccc(CC(=O)N(C)C4CCOCC4)c(F)c3)CC2)nc1. The van der Waals surface area contributed by atoms with Gasteiger partial charge in [0.25, 0.3) is 0 Å². The third kappa shape index (κ3) is 6.58. The van der Waals surface area contributed by atoms with Gasteiger partial charge in [-0.15, -0.1) is 0 Å². The van der Waals surface area contributed by atoms with Crippen LogP contribution in [0.2, 0.25) is 0 Å². The third-order valence-electron chi connectivity index (χ3n) is 8.43. The molecule has 2 atom stereocenters. The molecule has 1 saturated carbocycles. The first-order chi connectivity index (χ1) is 18.0. The zero-order valence-corrected chi connectivity index (χ0v) is 22.1. The number of carbonyl (C=O) groups excluding carboxylic acids is 1. The second kappa shape index (κ2) is 11.8. The molecule has 0 N–H and O–H groups in total. The van der Waals surface area contributed by atoms with Crippen molar-refractivity contribution in [2.45, 2.75) is 57.9 Å². The number of carbonyl (C=O) groups is 1. The molecule has 2 aromatic rings. The molecule has 200 valence electrons. The number of amides is 1. The quantitative estimate of drug-likeness (QED) is 0.497. The Balaban J connectivity index is 1.02. The Bertz CT molecular complexity index is 1050. The number of hydrogen-bond acceptors (Lipinski definition) is 6. The molecule has 8 heteroatoms. The van der Waals surface area contributed by atoms with Crippen molar-refractivity contribution in [3.05, 3.63) is 47.5 Å². The lowest BCUT2D eigenvalue weighted by molar-refractivity contribution is -0.132. The highest BCUT2D eigenvalue weighted by Gasteiger charge is 2.43. The smallest absolute Gasteiger partial charge is 0.227 e. The minimum atomic E-state index is -0.375. The Kier molecular flexibility index (Phi) is 8.23. The number of likely N-dealkylation sites (N-methyl/N-ethyl adjacent to an activating group) is 1. The Morgan fingerprint density at radius 2 is 1.89 bits per heavy atom. The zero-order valence-electron chi connectivity index (χ0n) is 22.1. The number of aryl methyl sites for hydroxylation is 1. The summed E-state index contributed by atoms with van der Waals surface area (Å²) in [7, 11) is 1.81. The number of ether oxygens (including phenoxy) is 2. The van der Waals surface area contributed by atoms with E-state index in [0.717, 1.165) is 55.7 Å². The summed E-state index contributed by atoms with van der Waals surface area (Å²) in [6.07, 6.45) is 10.2. The third-order valence-corrected chi connectivity index (χ3v) is 8.43. The minimum Gasteiger partial charge on any atom is -0.493 e. The van der Waals surface area contributed by atoms with Crippen LogP contribution in [0.5, 0.6) is 5.75 Å². The standard InChI is InChI=1S/C29H39FN4O3/c1-20-18-31-29(32-19-20)34-10-5-21(6-11-34)26-15-22(26)7-14-37-25-4-3-23(27(30)17-25)16-28(35)33(2)24-8-12-36-13-9-24/h3-4,17-19,21-22,24,26H,5-16H2,1-2H3/t22-,26-/m1/s1. The number of nitrogens with zero attached hydrogens (tertiary/aromatic N) is 4. The first-order valence-electron chi connectivity index (χ1n) is 13.8. The molecule has 3 aliphatic rings. The summed E-state index contributed by atoms with van der Waals surface area (Å²) >= 11 is 0. The second-order valence-corrected chi connectivity index (χ2v) is 11.0. The second-order valence-electron chi connectivity index (χ2n) is 11.0. The van der Waals surface area contributed by atoms with Gasteiger partial charge in [-0.3, -0.25) is 4.79 Å². The van der Waals surface area contributed by atoms with Gasteiger partial charge < -0.3 is 19.3 Å². The van der Waals surface area contributed by atoms with Crippen molar-refractivity contribution in [3.63, 3.8) is 0 Å². The van der Waals surface area contributed by atoms with Crippen LogP contribution in [0.1, 0.15) is 49.7 Å². The van der Waals surface area contributed by atoms with Gasteiger partial charge in [0, 0.05) is 57.9 Å².